The molecule has 0 radical (unpaired) electrons. The van der Waals surface area contributed by atoms with Crippen LogP contribution in [-0.4, -0.2) is 24.8 Å². The predicted octanol–water partition coefficient (Wildman–Crippen LogP) is 2.53. The van der Waals surface area contributed by atoms with Crippen LogP contribution in [0.4, 0.5) is 10.1 Å². The Balaban J connectivity index is 1.70. The number of aryl methyl sites for hydroxylation is 2. The number of nitrogens with zero attached hydrogens (tertiary/aromatic N) is 5. The molecule has 0 spiro atoms. The smallest absolute Gasteiger partial charge is 0.309 e. The van der Waals surface area contributed by atoms with Crippen LogP contribution in [0.15, 0.2) is 35.0 Å². The number of halogens is 1. The van der Waals surface area contributed by atoms with Crippen LogP contribution < -0.4 is 0 Å². The minimum absolute atomic E-state index is 0.0254. The van der Waals surface area contributed by atoms with Gasteiger partial charge in [-0.05, 0) is 31.2 Å². The highest BCUT2D eigenvalue weighted by Gasteiger charge is 2.17. The van der Waals surface area contributed by atoms with Crippen molar-refractivity contribution < 1.29 is 13.8 Å². The van der Waals surface area contributed by atoms with E-state index in [2.05, 4.69) is 15.2 Å². The lowest BCUT2D eigenvalue weighted by Crippen LogP contribution is -2.05. The molecule has 0 saturated heterocycles. The zero-order valence-corrected chi connectivity index (χ0v) is 12.1. The van der Waals surface area contributed by atoms with E-state index in [1.54, 1.807) is 19.1 Å². The number of rotatable bonds is 5. The molecule has 0 N–H and O–H groups in total. The van der Waals surface area contributed by atoms with Crippen molar-refractivity contribution in [3.63, 3.8) is 0 Å². The second-order valence-corrected chi connectivity index (χ2v) is 4.86. The first kappa shape index (κ1) is 14.8. The lowest BCUT2D eigenvalue weighted by atomic mass is 10.2. The molecule has 3 rings (SSSR count). The van der Waals surface area contributed by atoms with Gasteiger partial charge in [-0.1, -0.05) is 5.16 Å². The van der Waals surface area contributed by atoms with Gasteiger partial charge in [0.05, 0.1) is 11.5 Å². The fraction of sp³-hybridized carbons (Fsp3) is 0.214. The van der Waals surface area contributed by atoms with Crippen LogP contribution in [-0.2, 0) is 13.0 Å². The maximum atomic E-state index is 12.9. The maximum absolute atomic E-state index is 12.9. The lowest BCUT2D eigenvalue weighted by Gasteiger charge is -2.00. The Labute approximate surface area is 129 Å². The molecule has 2 heterocycles. The number of hydrogen-bond donors (Lipinski definition) is 0. The molecule has 0 unspecified atom stereocenters. The van der Waals surface area contributed by atoms with Crippen LogP contribution in [0.5, 0.6) is 0 Å². The molecule has 0 bridgehead atoms. The molecule has 1 aromatic carbocycles. The van der Waals surface area contributed by atoms with E-state index in [0.29, 0.717) is 35.9 Å². The zero-order valence-electron chi connectivity index (χ0n) is 12.1. The van der Waals surface area contributed by atoms with E-state index in [9.17, 15) is 14.5 Å². The van der Waals surface area contributed by atoms with E-state index in [1.807, 2.05) is 0 Å². The molecule has 0 aliphatic heterocycles. The van der Waals surface area contributed by atoms with Crippen LogP contribution in [0.3, 0.4) is 0 Å². The number of hydrogen-bond acceptors (Lipinski definition) is 6. The summed E-state index contributed by atoms with van der Waals surface area (Å²) in [6, 6.07) is 5.76. The van der Waals surface area contributed by atoms with Crippen molar-refractivity contribution in [2.24, 2.45) is 0 Å². The van der Waals surface area contributed by atoms with Gasteiger partial charge in [0, 0.05) is 12.0 Å². The highest BCUT2D eigenvalue weighted by molar-refractivity contribution is 5.53. The Kier molecular flexibility index (Phi) is 3.83. The summed E-state index contributed by atoms with van der Waals surface area (Å²) >= 11 is 0. The standard InChI is InChI=1S/C14H12FN5O3/c1-9-12(20(21)22)8-16-19(9)7-6-13-17-14(18-23-13)10-2-4-11(15)5-3-10/h2-5,8H,6-7H2,1H3. The van der Waals surface area contributed by atoms with E-state index >= 15 is 0 Å². The van der Waals surface area contributed by atoms with Crippen LogP contribution in [0, 0.1) is 22.9 Å². The molecule has 0 aliphatic carbocycles. The molecule has 0 amide bonds. The molecule has 0 fully saturated rings. The van der Waals surface area contributed by atoms with E-state index < -0.39 is 4.92 Å². The molecule has 3 aromatic rings. The Morgan fingerprint density at radius 1 is 1.35 bits per heavy atom. The summed E-state index contributed by atoms with van der Waals surface area (Å²) in [6.45, 7) is 2.01. The molecule has 0 atom stereocenters. The van der Waals surface area contributed by atoms with E-state index in [0.717, 1.165) is 0 Å². The number of benzene rings is 1. The molecule has 23 heavy (non-hydrogen) atoms. The van der Waals surface area contributed by atoms with Gasteiger partial charge in [-0.25, -0.2) is 4.39 Å². The van der Waals surface area contributed by atoms with E-state index in [-0.39, 0.29) is 11.5 Å². The summed E-state index contributed by atoms with van der Waals surface area (Å²) in [4.78, 5) is 14.5. The van der Waals surface area contributed by atoms with Gasteiger partial charge in [0.25, 0.3) is 0 Å². The number of aromatic nitrogens is 4. The fourth-order valence-electron chi connectivity index (χ4n) is 2.12. The van der Waals surface area contributed by atoms with Crippen LogP contribution >= 0.6 is 0 Å². The van der Waals surface area contributed by atoms with Gasteiger partial charge in [0.2, 0.25) is 11.7 Å². The van der Waals surface area contributed by atoms with Gasteiger partial charge in [0.15, 0.2) is 0 Å². The van der Waals surface area contributed by atoms with E-state index in [4.69, 9.17) is 4.52 Å². The highest BCUT2D eigenvalue weighted by atomic mass is 19.1. The second-order valence-electron chi connectivity index (χ2n) is 4.86. The third kappa shape index (κ3) is 3.07. The third-order valence-corrected chi connectivity index (χ3v) is 3.38. The zero-order chi connectivity index (χ0) is 16.4. The third-order valence-electron chi connectivity index (χ3n) is 3.38. The van der Waals surface area contributed by atoms with Crippen LogP contribution in [0.2, 0.25) is 0 Å². The van der Waals surface area contributed by atoms with Crippen molar-refractivity contribution in [1.29, 1.82) is 0 Å². The Morgan fingerprint density at radius 3 is 2.74 bits per heavy atom. The molecule has 0 saturated carbocycles. The average Bonchev–Trinajstić information content (AvgIpc) is 3.13. The Hall–Kier alpha value is -3.10. The summed E-state index contributed by atoms with van der Waals surface area (Å²) in [5.41, 5.74) is 1.09. The van der Waals surface area contributed by atoms with Crippen molar-refractivity contribution >= 4 is 5.69 Å². The SMILES string of the molecule is Cc1c([N+](=O)[O-])cnn1CCc1nc(-c2ccc(F)cc2)no1. The minimum Gasteiger partial charge on any atom is -0.339 e. The van der Waals surface area contributed by atoms with Gasteiger partial charge < -0.3 is 4.52 Å². The van der Waals surface area contributed by atoms with Crippen molar-refractivity contribution in [1.82, 2.24) is 19.9 Å². The molecular formula is C14H12FN5O3. The first-order valence-corrected chi connectivity index (χ1v) is 6.80. The summed E-state index contributed by atoms with van der Waals surface area (Å²) in [7, 11) is 0. The first-order chi connectivity index (χ1) is 11.0. The Morgan fingerprint density at radius 2 is 2.09 bits per heavy atom. The van der Waals surface area contributed by atoms with Crippen LogP contribution in [0.1, 0.15) is 11.6 Å². The van der Waals surface area contributed by atoms with Gasteiger partial charge in [-0.2, -0.15) is 10.1 Å². The second kappa shape index (κ2) is 5.95. The number of nitro groups is 1. The van der Waals surface area contributed by atoms with Gasteiger partial charge in [0.1, 0.15) is 17.7 Å². The topological polar surface area (TPSA) is 99.9 Å². The largest absolute Gasteiger partial charge is 0.339 e. The summed E-state index contributed by atoms with van der Waals surface area (Å²) < 4.78 is 19.5. The van der Waals surface area contributed by atoms with Crippen molar-refractivity contribution in [3.8, 4) is 11.4 Å². The predicted molar refractivity (Wildman–Crippen MR) is 77.0 cm³/mol. The summed E-state index contributed by atoms with van der Waals surface area (Å²) in [5, 5.41) is 18.6. The Bertz CT molecular complexity index is 840. The first-order valence-electron chi connectivity index (χ1n) is 6.80. The lowest BCUT2D eigenvalue weighted by molar-refractivity contribution is -0.385. The molecule has 118 valence electrons. The van der Waals surface area contributed by atoms with Crippen LogP contribution in [0.25, 0.3) is 11.4 Å². The summed E-state index contributed by atoms with van der Waals surface area (Å²) in [5.74, 6) is 0.401. The molecule has 8 nitrogen and oxygen atoms in total. The van der Waals surface area contributed by atoms with Crippen molar-refractivity contribution in [2.75, 3.05) is 0 Å². The van der Waals surface area contributed by atoms with Crippen molar-refractivity contribution in [2.45, 2.75) is 19.9 Å². The highest BCUT2D eigenvalue weighted by Crippen LogP contribution is 2.18. The quantitative estimate of drug-likeness (QED) is 0.529. The molecular weight excluding hydrogens is 305 g/mol. The summed E-state index contributed by atoms with van der Waals surface area (Å²) in [6.07, 6.45) is 1.60. The normalized spacial score (nSPS) is 10.9. The van der Waals surface area contributed by atoms with Gasteiger partial charge in [-0.15, -0.1) is 0 Å². The van der Waals surface area contributed by atoms with Crippen molar-refractivity contribution in [3.05, 3.63) is 58.0 Å². The van der Waals surface area contributed by atoms with E-state index in [1.165, 1.54) is 23.0 Å². The average molecular weight is 317 g/mol. The molecule has 0 aliphatic rings. The monoisotopic (exact) mass is 317 g/mol. The minimum atomic E-state index is -0.474. The molecule has 2 aromatic heterocycles. The maximum Gasteiger partial charge on any atom is 0.309 e. The fourth-order valence-corrected chi connectivity index (χ4v) is 2.12. The van der Waals surface area contributed by atoms with Gasteiger partial charge in [-0.3, -0.25) is 14.8 Å². The van der Waals surface area contributed by atoms with Gasteiger partial charge >= 0.3 is 5.69 Å². The molecule has 9 heteroatoms.